The van der Waals surface area contributed by atoms with Gasteiger partial charge in [-0.15, -0.1) is 0 Å². The quantitative estimate of drug-likeness (QED) is 0.116. The number of carbonyl (C=O) groups is 1. The Morgan fingerprint density at radius 1 is 1.04 bits per heavy atom. The molecule has 9 nitrogen and oxygen atoms in total. The summed E-state index contributed by atoms with van der Waals surface area (Å²) in [5.41, 5.74) is 5.84. The van der Waals surface area contributed by atoms with Crippen molar-refractivity contribution in [3.8, 4) is 5.88 Å². The van der Waals surface area contributed by atoms with Gasteiger partial charge in [0.2, 0.25) is 5.88 Å². The number of pyridine rings is 1. The van der Waals surface area contributed by atoms with E-state index in [2.05, 4.69) is 38.6 Å². The number of halogens is 2. The van der Waals surface area contributed by atoms with Gasteiger partial charge in [-0.05, 0) is 79.6 Å². The zero-order valence-corrected chi connectivity index (χ0v) is 31.4. The van der Waals surface area contributed by atoms with Crippen molar-refractivity contribution in [2.24, 2.45) is 0 Å². The number of amides is 1. The number of hydrogen-bond donors (Lipinski definition) is 2. The molecule has 0 saturated carbocycles. The van der Waals surface area contributed by atoms with Crippen LogP contribution in [0.5, 0.6) is 5.88 Å². The smallest absolute Gasteiger partial charge is 0.272 e. The highest BCUT2D eigenvalue weighted by atomic mass is 35.5. The minimum Gasteiger partial charge on any atom is -0.476 e. The van der Waals surface area contributed by atoms with Gasteiger partial charge in [-0.2, -0.15) is 0 Å². The summed E-state index contributed by atoms with van der Waals surface area (Å²) < 4.78 is 29.6. The lowest BCUT2D eigenvalue weighted by atomic mass is 9.95. The Balaban J connectivity index is 1.36. The topological polar surface area (TPSA) is 108 Å². The molecule has 0 unspecified atom stereocenters. The summed E-state index contributed by atoms with van der Waals surface area (Å²) in [5, 5.41) is 5.03. The van der Waals surface area contributed by atoms with Crippen LogP contribution < -0.4 is 10.1 Å². The van der Waals surface area contributed by atoms with Crippen molar-refractivity contribution < 1.29 is 17.9 Å². The van der Waals surface area contributed by atoms with Gasteiger partial charge >= 0.3 is 0 Å². The van der Waals surface area contributed by atoms with E-state index in [0.717, 1.165) is 27.8 Å². The first-order valence-electron chi connectivity index (χ1n) is 17.1. The summed E-state index contributed by atoms with van der Waals surface area (Å²) >= 11 is 12.7. The lowest BCUT2D eigenvalue weighted by Crippen LogP contribution is -2.40. The van der Waals surface area contributed by atoms with Gasteiger partial charge < -0.3 is 24.8 Å². The molecule has 0 bridgehead atoms. The number of fused-ring (bicyclic) bond motifs is 1. The number of benzene rings is 3. The predicted octanol–water partition coefficient (Wildman–Crippen LogP) is 8.72. The molecule has 270 valence electrons. The third-order valence-corrected chi connectivity index (χ3v) is 11.4. The largest absolute Gasteiger partial charge is 0.476 e. The highest BCUT2D eigenvalue weighted by Crippen LogP contribution is 2.41. The van der Waals surface area contributed by atoms with E-state index in [1.54, 1.807) is 24.5 Å². The summed E-state index contributed by atoms with van der Waals surface area (Å²) in [4.78, 5) is 26.5. The number of ether oxygens (including phenoxy) is 1. The highest BCUT2D eigenvalue weighted by Gasteiger charge is 2.29. The van der Waals surface area contributed by atoms with E-state index in [-0.39, 0.29) is 23.4 Å². The number of aromatic nitrogens is 2. The van der Waals surface area contributed by atoms with E-state index in [9.17, 15) is 13.2 Å². The van der Waals surface area contributed by atoms with Gasteiger partial charge in [0.15, 0.2) is 9.84 Å². The fourth-order valence-electron chi connectivity index (χ4n) is 6.48. The monoisotopic (exact) mass is 757 g/mol. The fourth-order valence-corrected chi connectivity index (χ4v) is 8.06. The van der Waals surface area contributed by atoms with Crippen LogP contribution in [-0.2, 0) is 9.84 Å². The van der Waals surface area contributed by atoms with E-state index in [0.29, 0.717) is 65.2 Å². The molecule has 1 amide bonds. The number of carbonyl (C=O) groups excluding carboxylic acids is 1. The molecule has 0 spiro atoms. The van der Waals surface area contributed by atoms with E-state index in [1.165, 1.54) is 0 Å². The maximum Gasteiger partial charge on any atom is 0.272 e. The Kier molecular flexibility index (Phi) is 11.7. The van der Waals surface area contributed by atoms with Crippen LogP contribution >= 0.6 is 23.2 Å². The number of rotatable bonds is 13. The first kappa shape index (κ1) is 37.2. The van der Waals surface area contributed by atoms with E-state index < -0.39 is 15.7 Å². The molecule has 2 N–H and O–H groups in total. The molecule has 3 heterocycles. The van der Waals surface area contributed by atoms with Gasteiger partial charge in [0.05, 0.1) is 29.9 Å². The van der Waals surface area contributed by atoms with Crippen molar-refractivity contribution in [2.75, 3.05) is 43.1 Å². The van der Waals surface area contributed by atoms with Gasteiger partial charge in [0, 0.05) is 52.3 Å². The van der Waals surface area contributed by atoms with Crippen molar-refractivity contribution in [3.05, 3.63) is 136 Å². The third kappa shape index (κ3) is 8.53. The minimum absolute atomic E-state index is 0.179. The van der Waals surface area contributed by atoms with Crippen LogP contribution in [0, 0.1) is 0 Å². The van der Waals surface area contributed by atoms with Crippen LogP contribution in [0.15, 0.2) is 104 Å². The molecule has 12 heteroatoms. The summed E-state index contributed by atoms with van der Waals surface area (Å²) in [6, 6.07) is 26.6. The van der Waals surface area contributed by atoms with E-state index in [1.807, 2.05) is 79.7 Å². The summed E-state index contributed by atoms with van der Waals surface area (Å²) in [7, 11) is -2.94. The van der Waals surface area contributed by atoms with Crippen molar-refractivity contribution in [2.45, 2.75) is 26.3 Å². The van der Waals surface area contributed by atoms with Gasteiger partial charge in [-0.3, -0.25) is 4.79 Å². The molecule has 0 aliphatic carbocycles. The van der Waals surface area contributed by atoms with Crippen LogP contribution in [-0.4, -0.2) is 71.8 Å². The first-order valence-corrected chi connectivity index (χ1v) is 19.7. The number of nitrogens with one attached hydrogen (secondary N) is 2. The molecular formula is C40H41Cl2N5O4S. The Labute approximate surface area is 314 Å². The lowest BCUT2D eigenvalue weighted by Gasteiger charge is -2.32. The van der Waals surface area contributed by atoms with Crippen LogP contribution in [0.3, 0.4) is 0 Å². The number of H-pyrrole nitrogens is 1. The molecule has 5 aromatic rings. The second-order valence-corrected chi connectivity index (χ2v) is 15.9. The van der Waals surface area contributed by atoms with Crippen molar-refractivity contribution in [1.82, 2.24) is 19.8 Å². The summed E-state index contributed by atoms with van der Waals surface area (Å²) in [5.74, 6) is 0.256. The maximum atomic E-state index is 14.5. The zero-order chi connectivity index (χ0) is 36.8. The maximum absolute atomic E-state index is 14.5. The normalized spacial score (nSPS) is 15.5. The Morgan fingerprint density at radius 2 is 1.75 bits per heavy atom. The molecular weight excluding hydrogens is 717 g/mol. The number of sulfone groups is 1. The van der Waals surface area contributed by atoms with Crippen LogP contribution in [0.1, 0.15) is 53.5 Å². The Bertz CT molecular complexity index is 2190. The summed E-state index contributed by atoms with van der Waals surface area (Å²) in [6.45, 7) is 10.5. The molecule has 1 saturated heterocycles. The summed E-state index contributed by atoms with van der Waals surface area (Å²) in [6.07, 6.45) is 4.07. The molecule has 0 radical (unpaired) electrons. The third-order valence-electron chi connectivity index (χ3n) is 9.32. The minimum atomic E-state index is -2.94. The molecule has 3 aromatic carbocycles. The standard InChI is InChI=1S/C40H41Cl2N5O4S/c1-4-47(28(3)30-13-15-31(41)16-14-30)38(27(2)29-10-6-5-7-11-29)36-33-18-17-32(42)26-35(33)44-37(36)39(48)45-34-12-8-19-43-40(34)51-23-9-20-46-21-24-52(49,50)25-22-46/h4-8,10-19,26,28,44H,1,9,20-25H2,2-3H3,(H,45,48)/b38-27+/t28-/m0/s1. The molecule has 1 aliphatic heterocycles. The molecule has 6 rings (SSSR count). The van der Waals surface area contributed by atoms with Crippen LogP contribution in [0.25, 0.3) is 22.2 Å². The number of nitrogens with zero attached hydrogens (tertiary/aromatic N) is 3. The van der Waals surface area contributed by atoms with Gasteiger partial charge in [-0.1, -0.05) is 78.3 Å². The predicted molar refractivity (Wildman–Crippen MR) is 212 cm³/mol. The Morgan fingerprint density at radius 3 is 2.46 bits per heavy atom. The molecule has 1 aliphatic rings. The van der Waals surface area contributed by atoms with Crippen LogP contribution in [0.2, 0.25) is 10.0 Å². The number of anilines is 1. The van der Waals surface area contributed by atoms with Gasteiger partial charge in [0.25, 0.3) is 5.91 Å². The van der Waals surface area contributed by atoms with E-state index >= 15 is 0 Å². The van der Waals surface area contributed by atoms with Gasteiger partial charge in [0.1, 0.15) is 11.4 Å². The number of aromatic amines is 1. The van der Waals surface area contributed by atoms with Crippen molar-refractivity contribution >= 4 is 66.8 Å². The van der Waals surface area contributed by atoms with Crippen molar-refractivity contribution in [1.29, 1.82) is 0 Å². The molecule has 2 aromatic heterocycles. The highest BCUT2D eigenvalue weighted by molar-refractivity contribution is 7.91. The fraction of sp³-hybridized carbons (Fsp3) is 0.250. The van der Waals surface area contributed by atoms with Crippen molar-refractivity contribution in [3.63, 3.8) is 0 Å². The number of hydrogen-bond acceptors (Lipinski definition) is 7. The second kappa shape index (κ2) is 16.4. The van der Waals surface area contributed by atoms with E-state index in [4.69, 9.17) is 27.9 Å². The number of allylic oxidation sites excluding steroid dienone is 1. The molecule has 1 fully saturated rings. The van der Waals surface area contributed by atoms with Gasteiger partial charge in [-0.25, -0.2) is 13.4 Å². The van der Waals surface area contributed by atoms with Crippen LogP contribution in [0.4, 0.5) is 5.69 Å². The average molecular weight is 759 g/mol. The second-order valence-electron chi connectivity index (χ2n) is 12.7. The zero-order valence-electron chi connectivity index (χ0n) is 29.1. The Hall–Kier alpha value is -4.61. The SMILES string of the molecule is C=CN(/C(=C(\C)c1ccccc1)c1c(C(=O)Nc2cccnc2OCCCN2CCS(=O)(=O)CC2)[nH]c2cc(Cl)ccc12)[C@@H](C)c1ccc(Cl)cc1. The molecule has 52 heavy (non-hydrogen) atoms. The average Bonchev–Trinajstić information content (AvgIpc) is 3.51. The lowest BCUT2D eigenvalue weighted by molar-refractivity contribution is 0.102. The molecule has 1 atom stereocenters. The first-order chi connectivity index (χ1) is 25.0.